The van der Waals surface area contributed by atoms with Gasteiger partial charge in [0.2, 0.25) is 11.8 Å². The van der Waals surface area contributed by atoms with E-state index >= 15 is 0 Å². The maximum Gasteiger partial charge on any atom is 0.235 e. The van der Waals surface area contributed by atoms with Gasteiger partial charge in [0.25, 0.3) is 0 Å². The summed E-state index contributed by atoms with van der Waals surface area (Å²) in [5.41, 5.74) is 8.71. The number of hydrogen-bond acceptors (Lipinski definition) is 4. The highest BCUT2D eigenvalue weighted by molar-refractivity contribution is 5.83. The molecule has 0 aliphatic carbocycles. The number of carbonyl (C=O) groups is 2. The molecule has 0 fully saturated rings. The van der Waals surface area contributed by atoms with Gasteiger partial charge in [0, 0.05) is 18.7 Å². The molecule has 0 spiro atoms. The Hall–Kier alpha value is -2.86. The van der Waals surface area contributed by atoms with Gasteiger partial charge in [-0.05, 0) is 23.6 Å². The van der Waals surface area contributed by atoms with Crippen molar-refractivity contribution < 1.29 is 14.3 Å². The molecule has 2 aromatic rings. The van der Waals surface area contributed by atoms with E-state index in [-0.39, 0.29) is 12.5 Å². The number of carbonyl (C=O) groups excluding carboxylic acids is 2. The molecule has 1 heterocycles. The Morgan fingerprint density at radius 2 is 1.85 bits per heavy atom. The molecule has 6 heteroatoms. The average molecular weight is 353 g/mol. The molecule has 0 aromatic heterocycles. The van der Waals surface area contributed by atoms with Crippen molar-refractivity contribution in [3.63, 3.8) is 0 Å². The smallest absolute Gasteiger partial charge is 0.235 e. The van der Waals surface area contributed by atoms with Gasteiger partial charge in [-0.2, -0.15) is 0 Å². The number of benzene rings is 2. The Morgan fingerprint density at radius 1 is 1.15 bits per heavy atom. The van der Waals surface area contributed by atoms with E-state index < -0.39 is 11.9 Å². The van der Waals surface area contributed by atoms with E-state index in [1.165, 1.54) is 0 Å². The zero-order valence-corrected chi connectivity index (χ0v) is 14.8. The molecule has 1 aliphatic heterocycles. The van der Waals surface area contributed by atoms with E-state index in [1.807, 2.05) is 53.4 Å². The van der Waals surface area contributed by atoms with Gasteiger partial charge in [0.15, 0.2) is 0 Å². The minimum atomic E-state index is -0.470. The zero-order chi connectivity index (χ0) is 18.5. The fraction of sp³-hybridized carbons (Fsp3) is 0.300. The Morgan fingerprint density at radius 3 is 2.58 bits per heavy atom. The van der Waals surface area contributed by atoms with Crippen LogP contribution < -0.4 is 15.8 Å². The van der Waals surface area contributed by atoms with Gasteiger partial charge in [-0.1, -0.05) is 42.5 Å². The highest BCUT2D eigenvalue weighted by Crippen LogP contribution is 2.23. The Balaban J connectivity index is 1.65. The molecule has 2 aromatic carbocycles. The van der Waals surface area contributed by atoms with Gasteiger partial charge in [-0.3, -0.25) is 14.5 Å². The summed E-state index contributed by atoms with van der Waals surface area (Å²) in [4.78, 5) is 26.1. The molecule has 3 rings (SSSR count). The number of primary amides is 1. The summed E-state index contributed by atoms with van der Waals surface area (Å²) >= 11 is 0. The lowest BCUT2D eigenvalue weighted by atomic mass is 9.93. The van der Waals surface area contributed by atoms with Crippen molar-refractivity contribution in [2.24, 2.45) is 5.73 Å². The van der Waals surface area contributed by atoms with Gasteiger partial charge >= 0.3 is 0 Å². The summed E-state index contributed by atoms with van der Waals surface area (Å²) in [7, 11) is 1.60. The highest BCUT2D eigenvalue weighted by atomic mass is 16.5. The lowest BCUT2D eigenvalue weighted by molar-refractivity contribution is -0.127. The first-order chi connectivity index (χ1) is 12.6. The summed E-state index contributed by atoms with van der Waals surface area (Å²) in [6.45, 7) is 1.03. The molecule has 136 valence electrons. The van der Waals surface area contributed by atoms with Crippen molar-refractivity contribution in [2.45, 2.75) is 25.6 Å². The fourth-order valence-corrected chi connectivity index (χ4v) is 3.31. The number of hydrogen-bond donors (Lipinski definition) is 2. The summed E-state index contributed by atoms with van der Waals surface area (Å²) in [5.74, 6) is 0.174. The monoisotopic (exact) mass is 353 g/mol. The van der Waals surface area contributed by atoms with E-state index in [0.29, 0.717) is 19.5 Å². The third kappa shape index (κ3) is 4.03. The Labute approximate surface area is 152 Å². The predicted molar refractivity (Wildman–Crippen MR) is 98.4 cm³/mol. The highest BCUT2D eigenvalue weighted by Gasteiger charge is 2.31. The number of nitrogens with zero attached hydrogens (tertiary/aromatic N) is 1. The van der Waals surface area contributed by atoms with Gasteiger partial charge < -0.3 is 15.8 Å². The summed E-state index contributed by atoms with van der Waals surface area (Å²) < 4.78 is 5.29. The molecule has 2 amide bonds. The minimum Gasteiger partial charge on any atom is -0.496 e. The lowest BCUT2D eigenvalue weighted by Crippen LogP contribution is -2.51. The first kappa shape index (κ1) is 17.9. The van der Waals surface area contributed by atoms with Crippen LogP contribution in [0.15, 0.2) is 48.5 Å². The minimum absolute atomic E-state index is 0.122. The summed E-state index contributed by atoms with van der Waals surface area (Å²) in [6.07, 6.45) is 0.533. The van der Waals surface area contributed by atoms with Crippen LogP contribution >= 0.6 is 0 Å². The third-order valence-electron chi connectivity index (χ3n) is 4.69. The average Bonchev–Trinajstić information content (AvgIpc) is 2.65. The predicted octanol–water partition coefficient (Wildman–Crippen LogP) is 1.22. The molecule has 3 N–H and O–H groups in total. The Kier molecular flexibility index (Phi) is 5.53. The van der Waals surface area contributed by atoms with Crippen molar-refractivity contribution in [1.82, 2.24) is 10.2 Å². The van der Waals surface area contributed by atoms with Crippen LogP contribution in [0.3, 0.4) is 0 Å². The van der Waals surface area contributed by atoms with Crippen LogP contribution in [0, 0.1) is 0 Å². The molecule has 1 aliphatic rings. The largest absolute Gasteiger partial charge is 0.496 e. The van der Waals surface area contributed by atoms with Crippen LogP contribution in [0.1, 0.15) is 16.7 Å². The molecule has 0 saturated heterocycles. The summed E-state index contributed by atoms with van der Waals surface area (Å²) in [6, 6.07) is 15.0. The van der Waals surface area contributed by atoms with Crippen molar-refractivity contribution in [1.29, 1.82) is 0 Å². The van der Waals surface area contributed by atoms with Crippen LogP contribution in [0.5, 0.6) is 5.75 Å². The zero-order valence-electron chi connectivity index (χ0n) is 14.8. The molecular weight excluding hydrogens is 330 g/mol. The van der Waals surface area contributed by atoms with Crippen molar-refractivity contribution in [2.75, 3.05) is 13.7 Å². The van der Waals surface area contributed by atoms with E-state index in [1.54, 1.807) is 7.11 Å². The topological polar surface area (TPSA) is 84.7 Å². The van der Waals surface area contributed by atoms with Crippen molar-refractivity contribution in [3.8, 4) is 5.75 Å². The first-order valence-corrected chi connectivity index (χ1v) is 8.57. The molecular formula is C20H23N3O3. The normalized spacial score (nSPS) is 16.6. The number of methoxy groups -OCH3 is 1. The maximum atomic E-state index is 12.4. The Bertz CT molecular complexity index is 806. The van der Waals surface area contributed by atoms with Gasteiger partial charge in [0.1, 0.15) is 5.75 Å². The third-order valence-corrected chi connectivity index (χ3v) is 4.69. The van der Waals surface area contributed by atoms with E-state index in [0.717, 1.165) is 22.4 Å². The molecule has 6 nitrogen and oxygen atoms in total. The first-order valence-electron chi connectivity index (χ1n) is 8.57. The van der Waals surface area contributed by atoms with Gasteiger partial charge in [-0.25, -0.2) is 0 Å². The van der Waals surface area contributed by atoms with Crippen LogP contribution in [0.25, 0.3) is 0 Å². The van der Waals surface area contributed by atoms with Gasteiger partial charge in [-0.15, -0.1) is 0 Å². The summed E-state index contributed by atoms with van der Waals surface area (Å²) in [5, 5.41) is 2.89. The molecule has 26 heavy (non-hydrogen) atoms. The van der Waals surface area contributed by atoms with E-state index in [2.05, 4.69) is 5.32 Å². The van der Waals surface area contributed by atoms with Crippen LogP contribution in [0.4, 0.5) is 0 Å². The van der Waals surface area contributed by atoms with E-state index in [9.17, 15) is 9.59 Å². The number of amides is 2. The molecule has 1 atom stereocenters. The second-order valence-electron chi connectivity index (χ2n) is 6.38. The fourth-order valence-electron chi connectivity index (χ4n) is 3.31. The lowest BCUT2D eigenvalue weighted by Gasteiger charge is -2.34. The molecule has 0 saturated carbocycles. The number of para-hydroxylation sites is 1. The van der Waals surface area contributed by atoms with Crippen molar-refractivity contribution in [3.05, 3.63) is 65.2 Å². The number of rotatable bonds is 6. The second-order valence-corrected chi connectivity index (χ2v) is 6.38. The van der Waals surface area contributed by atoms with Crippen LogP contribution in [-0.2, 0) is 29.1 Å². The van der Waals surface area contributed by atoms with Crippen molar-refractivity contribution >= 4 is 11.8 Å². The van der Waals surface area contributed by atoms with Gasteiger partial charge in [0.05, 0.1) is 19.7 Å². The van der Waals surface area contributed by atoms with Crippen LogP contribution in [0.2, 0.25) is 0 Å². The standard InChI is InChI=1S/C20H23N3O3/c1-26-18-9-5-4-7-15(18)11-22-19(24)13-23-12-16-8-3-2-6-14(16)10-17(23)20(21)25/h2-9,17H,10-13H2,1H3,(H2,21,25)(H,22,24)/t17-/m1/s1. The SMILES string of the molecule is COc1ccccc1CNC(=O)CN1Cc2ccccc2C[C@@H]1C(N)=O. The van der Waals surface area contributed by atoms with Crippen LogP contribution in [-0.4, -0.2) is 36.4 Å². The quantitative estimate of drug-likeness (QED) is 0.818. The maximum absolute atomic E-state index is 12.4. The molecule has 0 unspecified atom stereocenters. The second kappa shape index (κ2) is 8.01. The number of ether oxygens (including phenoxy) is 1. The number of nitrogens with one attached hydrogen (secondary N) is 1. The van der Waals surface area contributed by atoms with E-state index in [4.69, 9.17) is 10.5 Å². The molecule has 0 bridgehead atoms. The molecule has 0 radical (unpaired) electrons. The number of nitrogens with two attached hydrogens (primary N) is 1. The number of fused-ring (bicyclic) bond motifs is 1.